The van der Waals surface area contributed by atoms with E-state index in [-0.39, 0.29) is 5.41 Å². The molecule has 1 aromatic carbocycles. The molecule has 18 heavy (non-hydrogen) atoms. The lowest BCUT2D eigenvalue weighted by Gasteiger charge is -2.26. The molecule has 3 nitrogen and oxygen atoms in total. The summed E-state index contributed by atoms with van der Waals surface area (Å²) in [6.07, 6.45) is 0. The third kappa shape index (κ3) is 2.66. The Bertz CT molecular complexity index is 453. The lowest BCUT2D eigenvalue weighted by Crippen LogP contribution is -2.29. The molecule has 100 valence electrons. The molecule has 0 amide bonds. The lowest BCUT2D eigenvalue weighted by atomic mass is 9.79. The van der Waals surface area contributed by atoms with Crippen molar-refractivity contribution in [3.63, 3.8) is 0 Å². The van der Waals surface area contributed by atoms with Crippen LogP contribution < -0.4 is 4.74 Å². The molecule has 0 radical (unpaired) electrons. The van der Waals surface area contributed by atoms with E-state index in [1.807, 2.05) is 18.2 Å². The van der Waals surface area contributed by atoms with Gasteiger partial charge in [-0.2, -0.15) is 0 Å². The largest absolute Gasteiger partial charge is 0.496 e. The number of ether oxygens (including phenoxy) is 1. The van der Waals surface area contributed by atoms with Gasteiger partial charge in [0.05, 0.1) is 12.5 Å². The highest BCUT2D eigenvalue weighted by Crippen LogP contribution is 2.35. The van der Waals surface area contributed by atoms with Gasteiger partial charge in [-0.15, -0.1) is 0 Å². The number of carboxylic acids is 1. The van der Waals surface area contributed by atoms with Crippen LogP contribution in [0.4, 0.5) is 0 Å². The summed E-state index contributed by atoms with van der Waals surface area (Å²) in [4.78, 5) is 11.4. The van der Waals surface area contributed by atoms with Crippen LogP contribution in [0.3, 0.4) is 0 Å². The zero-order chi connectivity index (χ0) is 14.1. The van der Waals surface area contributed by atoms with Gasteiger partial charge in [0.2, 0.25) is 0 Å². The highest BCUT2D eigenvalue weighted by molar-refractivity contribution is 5.81. The van der Waals surface area contributed by atoms with Crippen molar-refractivity contribution < 1.29 is 14.6 Å². The molecule has 1 aromatic rings. The predicted molar refractivity (Wildman–Crippen MR) is 72.4 cm³/mol. The zero-order valence-electron chi connectivity index (χ0n) is 12.0. The minimum atomic E-state index is -0.966. The van der Waals surface area contributed by atoms with Crippen LogP contribution in [0, 0.1) is 0 Å². The van der Waals surface area contributed by atoms with Gasteiger partial charge in [0, 0.05) is 5.56 Å². The van der Waals surface area contributed by atoms with Gasteiger partial charge in [-0.05, 0) is 30.9 Å². The highest BCUT2D eigenvalue weighted by atomic mass is 16.5. The predicted octanol–water partition coefficient (Wildman–Crippen LogP) is 3.35. The Morgan fingerprint density at radius 2 is 1.72 bits per heavy atom. The van der Waals surface area contributed by atoms with E-state index in [4.69, 9.17) is 4.74 Å². The van der Waals surface area contributed by atoms with Gasteiger partial charge in [-0.3, -0.25) is 4.79 Å². The van der Waals surface area contributed by atoms with E-state index in [1.54, 1.807) is 21.0 Å². The van der Waals surface area contributed by atoms with Crippen LogP contribution in [0.2, 0.25) is 0 Å². The molecule has 0 atom stereocenters. The van der Waals surface area contributed by atoms with Crippen LogP contribution >= 0.6 is 0 Å². The van der Waals surface area contributed by atoms with Gasteiger partial charge < -0.3 is 9.84 Å². The van der Waals surface area contributed by atoms with Gasteiger partial charge >= 0.3 is 5.97 Å². The lowest BCUT2D eigenvalue weighted by molar-refractivity contribution is -0.142. The number of aliphatic carboxylic acids is 1. The first-order valence-electron chi connectivity index (χ1n) is 6.03. The van der Waals surface area contributed by atoms with Crippen molar-refractivity contribution in [2.75, 3.05) is 7.11 Å². The van der Waals surface area contributed by atoms with Crippen LogP contribution in [0.15, 0.2) is 18.2 Å². The second-order valence-electron chi connectivity index (χ2n) is 6.10. The van der Waals surface area contributed by atoms with Crippen molar-refractivity contribution >= 4 is 5.97 Å². The fourth-order valence-electron chi connectivity index (χ4n) is 1.78. The van der Waals surface area contributed by atoms with Crippen molar-refractivity contribution in [2.45, 2.75) is 45.4 Å². The molecular weight excluding hydrogens is 228 g/mol. The molecule has 0 bridgehead atoms. The van der Waals surface area contributed by atoms with Crippen LogP contribution in [0.25, 0.3) is 0 Å². The summed E-state index contributed by atoms with van der Waals surface area (Å²) in [6, 6.07) is 5.77. The first-order valence-corrected chi connectivity index (χ1v) is 6.03. The minimum absolute atomic E-state index is 0.0182. The Morgan fingerprint density at radius 1 is 1.17 bits per heavy atom. The summed E-state index contributed by atoms with van der Waals surface area (Å²) < 4.78 is 5.29. The minimum Gasteiger partial charge on any atom is -0.496 e. The number of carbonyl (C=O) groups is 1. The van der Waals surface area contributed by atoms with Crippen LogP contribution in [-0.4, -0.2) is 18.2 Å². The molecule has 0 saturated heterocycles. The van der Waals surface area contributed by atoms with Crippen molar-refractivity contribution in [3.05, 3.63) is 29.3 Å². The molecule has 1 N–H and O–H groups in total. The molecule has 0 spiro atoms. The molecule has 0 aliphatic heterocycles. The molecule has 1 rings (SSSR count). The van der Waals surface area contributed by atoms with Gasteiger partial charge in [-0.1, -0.05) is 32.9 Å². The van der Waals surface area contributed by atoms with Gasteiger partial charge in [-0.25, -0.2) is 0 Å². The average Bonchev–Trinajstić information content (AvgIpc) is 2.26. The van der Waals surface area contributed by atoms with Crippen molar-refractivity contribution in [1.29, 1.82) is 0 Å². The topological polar surface area (TPSA) is 46.5 Å². The Hall–Kier alpha value is -1.51. The Morgan fingerprint density at radius 3 is 2.11 bits per heavy atom. The molecule has 0 unspecified atom stereocenters. The quantitative estimate of drug-likeness (QED) is 0.894. The van der Waals surface area contributed by atoms with Gasteiger partial charge in [0.15, 0.2) is 0 Å². The first-order chi connectivity index (χ1) is 8.10. The molecule has 0 fully saturated rings. The maximum Gasteiger partial charge on any atom is 0.313 e. The summed E-state index contributed by atoms with van der Waals surface area (Å²) in [5, 5.41) is 9.35. The molecule has 3 heteroatoms. The Kier molecular flexibility index (Phi) is 3.75. The Balaban J connectivity index is 3.45. The number of rotatable bonds is 3. The summed E-state index contributed by atoms with van der Waals surface area (Å²) in [5.74, 6) is -0.234. The second-order valence-corrected chi connectivity index (χ2v) is 6.10. The second kappa shape index (κ2) is 4.63. The first kappa shape index (κ1) is 14.6. The van der Waals surface area contributed by atoms with E-state index in [0.29, 0.717) is 11.3 Å². The third-order valence-electron chi connectivity index (χ3n) is 3.27. The number of benzene rings is 1. The van der Waals surface area contributed by atoms with E-state index in [0.717, 1.165) is 5.56 Å². The van der Waals surface area contributed by atoms with E-state index in [2.05, 4.69) is 20.8 Å². The van der Waals surface area contributed by atoms with E-state index in [9.17, 15) is 9.90 Å². The molecule has 0 aromatic heterocycles. The fourth-order valence-corrected chi connectivity index (χ4v) is 1.78. The summed E-state index contributed by atoms with van der Waals surface area (Å²) in [5.41, 5.74) is 0.833. The molecule has 0 aliphatic rings. The van der Waals surface area contributed by atoms with E-state index < -0.39 is 11.4 Å². The van der Waals surface area contributed by atoms with E-state index in [1.165, 1.54) is 0 Å². The SMILES string of the molecule is COc1ccc(C(C)(C)C)cc1C(C)(C)C(=O)O. The molecule has 0 aliphatic carbocycles. The van der Waals surface area contributed by atoms with Crippen LogP contribution in [-0.2, 0) is 15.6 Å². The van der Waals surface area contributed by atoms with Crippen LogP contribution in [0.5, 0.6) is 5.75 Å². The smallest absolute Gasteiger partial charge is 0.313 e. The van der Waals surface area contributed by atoms with Crippen molar-refractivity contribution in [1.82, 2.24) is 0 Å². The fraction of sp³-hybridized carbons (Fsp3) is 0.533. The third-order valence-corrected chi connectivity index (χ3v) is 3.27. The number of carboxylic acid groups (broad SMARTS) is 1. The highest BCUT2D eigenvalue weighted by Gasteiger charge is 2.33. The van der Waals surface area contributed by atoms with Crippen molar-refractivity contribution in [2.24, 2.45) is 0 Å². The monoisotopic (exact) mass is 250 g/mol. The van der Waals surface area contributed by atoms with Crippen LogP contribution in [0.1, 0.15) is 45.7 Å². The number of hydrogen-bond acceptors (Lipinski definition) is 2. The number of hydrogen-bond donors (Lipinski definition) is 1. The zero-order valence-corrected chi connectivity index (χ0v) is 12.0. The van der Waals surface area contributed by atoms with E-state index >= 15 is 0 Å². The normalized spacial score (nSPS) is 12.3. The standard InChI is InChI=1S/C15H22O3/c1-14(2,3)10-7-8-12(18-6)11(9-10)15(4,5)13(16)17/h7-9H,1-6H3,(H,16,17). The molecule has 0 saturated carbocycles. The maximum absolute atomic E-state index is 11.4. The average molecular weight is 250 g/mol. The molecule has 0 heterocycles. The summed E-state index contributed by atoms with van der Waals surface area (Å²) in [6.45, 7) is 9.70. The van der Waals surface area contributed by atoms with Crippen molar-refractivity contribution in [3.8, 4) is 5.75 Å². The van der Waals surface area contributed by atoms with Gasteiger partial charge in [0.25, 0.3) is 0 Å². The maximum atomic E-state index is 11.4. The number of methoxy groups -OCH3 is 1. The Labute approximate surface area is 109 Å². The summed E-state index contributed by atoms with van der Waals surface area (Å²) in [7, 11) is 1.56. The summed E-state index contributed by atoms with van der Waals surface area (Å²) >= 11 is 0. The van der Waals surface area contributed by atoms with Gasteiger partial charge in [0.1, 0.15) is 5.75 Å². The molecular formula is C15H22O3.